The van der Waals surface area contributed by atoms with Crippen LogP contribution in [0.4, 0.5) is 0 Å². The van der Waals surface area contributed by atoms with Crippen molar-refractivity contribution in [3.8, 4) is 0 Å². The van der Waals surface area contributed by atoms with E-state index < -0.39 is 0 Å². The van der Waals surface area contributed by atoms with E-state index >= 15 is 0 Å². The maximum absolute atomic E-state index is 5.59. The molecular formula is C19H35IN4OS. The van der Waals surface area contributed by atoms with Gasteiger partial charge in [0.15, 0.2) is 5.96 Å². The van der Waals surface area contributed by atoms with Gasteiger partial charge in [-0.1, -0.05) is 13.8 Å². The van der Waals surface area contributed by atoms with Gasteiger partial charge in [0.1, 0.15) is 0 Å². The summed E-state index contributed by atoms with van der Waals surface area (Å²) in [6.45, 7) is 7.80. The van der Waals surface area contributed by atoms with E-state index in [4.69, 9.17) is 9.72 Å². The minimum absolute atomic E-state index is 0. The molecule has 1 aromatic heterocycles. The van der Waals surface area contributed by atoms with Crippen LogP contribution in [0.15, 0.2) is 4.99 Å². The molecule has 0 saturated carbocycles. The Morgan fingerprint density at radius 3 is 2.62 bits per heavy atom. The molecule has 2 rings (SSSR count). The molecule has 7 heteroatoms. The maximum Gasteiger partial charge on any atom is 0.190 e. The van der Waals surface area contributed by atoms with Crippen molar-refractivity contribution in [3.05, 3.63) is 15.6 Å². The van der Waals surface area contributed by atoms with Crippen molar-refractivity contribution in [2.24, 2.45) is 10.9 Å². The van der Waals surface area contributed by atoms with Crippen molar-refractivity contribution in [1.29, 1.82) is 0 Å². The predicted octanol–water partition coefficient (Wildman–Crippen LogP) is 3.80. The van der Waals surface area contributed by atoms with Gasteiger partial charge in [0.05, 0.1) is 10.7 Å². The largest absolute Gasteiger partial charge is 0.381 e. The average molecular weight is 494 g/mol. The first kappa shape index (κ1) is 23.6. The molecule has 0 aliphatic heterocycles. The van der Waals surface area contributed by atoms with Gasteiger partial charge in [0, 0.05) is 44.6 Å². The van der Waals surface area contributed by atoms with Crippen LogP contribution in [0.5, 0.6) is 0 Å². The van der Waals surface area contributed by atoms with Gasteiger partial charge in [0.2, 0.25) is 0 Å². The molecule has 0 saturated heterocycles. The molecule has 1 aromatic rings. The standard InChI is InChI=1S/C19H34N4OS.HI/c1-15(2)14-24-13-7-12-22-19(20-3)21-11-6-10-18-23-16-8-4-5-9-17(16)25-18;/h15H,4-14H2,1-3H3,(H2,20,21,22);1H. The van der Waals surface area contributed by atoms with Gasteiger partial charge < -0.3 is 15.4 Å². The Labute approximate surface area is 179 Å². The van der Waals surface area contributed by atoms with Crippen molar-refractivity contribution in [2.45, 2.75) is 58.8 Å². The summed E-state index contributed by atoms with van der Waals surface area (Å²) in [6, 6.07) is 0. The Balaban J connectivity index is 0.00000338. The number of aliphatic imine (C=N–C) groups is 1. The van der Waals surface area contributed by atoms with E-state index in [9.17, 15) is 0 Å². The van der Waals surface area contributed by atoms with Crippen LogP contribution in [-0.2, 0) is 24.0 Å². The summed E-state index contributed by atoms with van der Waals surface area (Å²) in [6.07, 6.45) is 8.21. The lowest BCUT2D eigenvalue weighted by Gasteiger charge is -2.12. The van der Waals surface area contributed by atoms with E-state index in [0.717, 1.165) is 51.5 Å². The Kier molecular flexibility index (Phi) is 12.5. The van der Waals surface area contributed by atoms with Crippen LogP contribution in [0.3, 0.4) is 0 Å². The number of nitrogens with zero attached hydrogens (tertiary/aromatic N) is 2. The zero-order valence-corrected chi connectivity index (χ0v) is 19.6. The van der Waals surface area contributed by atoms with Crippen LogP contribution in [0.25, 0.3) is 0 Å². The van der Waals surface area contributed by atoms with Crippen molar-refractivity contribution in [3.63, 3.8) is 0 Å². The van der Waals surface area contributed by atoms with Gasteiger partial charge >= 0.3 is 0 Å². The maximum atomic E-state index is 5.59. The van der Waals surface area contributed by atoms with Crippen LogP contribution in [0.2, 0.25) is 0 Å². The lowest BCUT2D eigenvalue weighted by Crippen LogP contribution is -2.38. The lowest BCUT2D eigenvalue weighted by atomic mass is 10.0. The molecule has 1 heterocycles. The highest BCUT2D eigenvalue weighted by atomic mass is 127. The molecule has 0 aromatic carbocycles. The van der Waals surface area contributed by atoms with Gasteiger partial charge in [0.25, 0.3) is 0 Å². The van der Waals surface area contributed by atoms with E-state index in [0.29, 0.717) is 5.92 Å². The van der Waals surface area contributed by atoms with E-state index in [1.165, 1.54) is 41.3 Å². The minimum atomic E-state index is 0. The Morgan fingerprint density at radius 2 is 1.92 bits per heavy atom. The zero-order valence-electron chi connectivity index (χ0n) is 16.5. The highest BCUT2D eigenvalue weighted by Crippen LogP contribution is 2.27. The zero-order chi connectivity index (χ0) is 17.9. The summed E-state index contributed by atoms with van der Waals surface area (Å²) in [7, 11) is 1.82. The second kappa shape index (κ2) is 13.7. The Bertz CT molecular complexity index is 510. The van der Waals surface area contributed by atoms with Crippen molar-refractivity contribution in [1.82, 2.24) is 15.6 Å². The van der Waals surface area contributed by atoms with Crippen molar-refractivity contribution >= 4 is 41.3 Å². The molecule has 2 N–H and O–H groups in total. The fraction of sp³-hybridized carbons (Fsp3) is 0.789. The second-order valence-electron chi connectivity index (χ2n) is 7.04. The summed E-state index contributed by atoms with van der Waals surface area (Å²) in [5.41, 5.74) is 1.37. The molecule has 5 nitrogen and oxygen atoms in total. The van der Waals surface area contributed by atoms with E-state index in [-0.39, 0.29) is 24.0 Å². The minimum Gasteiger partial charge on any atom is -0.381 e. The summed E-state index contributed by atoms with van der Waals surface area (Å²) in [4.78, 5) is 10.6. The molecule has 1 aliphatic rings. The van der Waals surface area contributed by atoms with Crippen LogP contribution in [0.1, 0.15) is 55.1 Å². The molecule has 0 atom stereocenters. The first-order valence-corrected chi connectivity index (χ1v) is 10.5. The molecule has 0 radical (unpaired) electrons. The fourth-order valence-corrected chi connectivity index (χ4v) is 4.08. The second-order valence-corrected chi connectivity index (χ2v) is 8.20. The number of thiazole rings is 1. The molecule has 150 valence electrons. The summed E-state index contributed by atoms with van der Waals surface area (Å²) in [5, 5.41) is 8.03. The van der Waals surface area contributed by atoms with Crippen molar-refractivity contribution in [2.75, 3.05) is 33.4 Å². The van der Waals surface area contributed by atoms with Crippen molar-refractivity contribution < 1.29 is 4.74 Å². The number of hydrogen-bond donors (Lipinski definition) is 2. The van der Waals surface area contributed by atoms with E-state index in [1.54, 1.807) is 0 Å². The van der Waals surface area contributed by atoms with Crippen LogP contribution in [0, 0.1) is 5.92 Å². The smallest absolute Gasteiger partial charge is 0.190 e. The lowest BCUT2D eigenvalue weighted by molar-refractivity contribution is 0.108. The molecule has 0 bridgehead atoms. The number of fused-ring (bicyclic) bond motifs is 1. The quantitative estimate of drug-likeness (QED) is 0.225. The van der Waals surface area contributed by atoms with Gasteiger partial charge in [-0.3, -0.25) is 4.99 Å². The number of aryl methyl sites for hydroxylation is 3. The topological polar surface area (TPSA) is 58.5 Å². The first-order chi connectivity index (χ1) is 12.2. The third kappa shape index (κ3) is 8.99. The highest BCUT2D eigenvalue weighted by molar-refractivity contribution is 14.0. The molecule has 26 heavy (non-hydrogen) atoms. The van der Waals surface area contributed by atoms with Crippen LogP contribution in [-0.4, -0.2) is 44.3 Å². The Hall–Kier alpha value is -0.410. The average Bonchev–Trinajstić information content (AvgIpc) is 3.02. The van der Waals surface area contributed by atoms with Gasteiger partial charge in [-0.05, 0) is 44.4 Å². The fourth-order valence-electron chi connectivity index (χ4n) is 2.88. The van der Waals surface area contributed by atoms with Gasteiger partial charge in [-0.2, -0.15) is 0 Å². The third-order valence-corrected chi connectivity index (χ3v) is 5.40. The number of halogens is 1. The van der Waals surface area contributed by atoms with E-state index in [1.807, 2.05) is 18.4 Å². The SMILES string of the molecule is CN=C(NCCCOCC(C)C)NCCCc1nc2c(s1)CCCC2.I. The molecule has 0 fully saturated rings. The number of guanidine groups is 1. The van der Waals surface area contributed by atoms with Gasteiger partial charge in [-0.25, -0.2) is 4.98 Å². The monoisotopic (exact) mass is 494 g/mol. The predicted molar refractivity (Wildman–Crippen MR) is 122 cm³/mol. The number of rotatable bonds is 10. The summed E-state index contributed by atoms with van der Waals surface area (Å²) >= 11 is 1.92. The normalized spacial score (nSPS) is 14.1. The van der Waals surface area contributed by atoms with Crippen LogP contribution < -0.4 is 10.6 Å². The Morgan fingerprint density at radius 1 is 1.19 bits per heavy atom. The summed E-state index contributed by atoms with van der Waals surface area (Å²) in [5.74, 6) is 1.48. The molecule has 0 unspecified atom stereocenters. The molecule has 0 spiro atoms. The highest BCUT2D eigenvalue weighted by Gasteiger charge is 2.14. The number of hydrogen-bond acceptors (Lipinski definition) is 4. The van der Waals surface area contributed by atoms with Crippen LogP contribution >= 0.6 is 35.3 Å². The molecule has 1 aliphatic carbocycles. The third-order valence-electron chi connectivity index (χ3n) is 4.18. The van der Waals surface area contributed by atoms with Gasteiger partial charge in [-0.15, -0.1) is 35.3 Å². The van der Waals surface area contributed by atoms with E-state index in [2.05, 4.69) is 29.5 Å². The number of aromatic nitrogens is 1. The first-order valence-electron chi connectivity index (χ1n) is 9.68. The summed E-state index contributed by atoms with van der Waals surface area (Å²) < 4.78 is 5.59. The number of ether oxygens (including phenoxy) is 1. The molecule has 0 amide bonds. The number of nitrogens with one attached hydrogen (secondary N) is 2. The molecular weight excluding hydrogens is 459 g/mol.